The molecule has 0 radical (unpaired) electrons. The number of nitrogen functional groups attached to an aromatic ring is 1. The number of fused-ring (bicyclic) bond motifs is 1. The molecule has 3 rings (SSSR count). The van der Waals surface area contributed by atoms with Gasteiger partial charge in [-0.3, -0.25) is 4.79 Å². The Bertz CT molecular complexity index is 808. The second-order valence-electron chi connectivity index (χ2n) is 6.21. The second kappa shape index (κ2) is 11.0. The number of hydrogen-bond donors (Lipinski definition) is 3. The molecule has 154 valence electrons. The fourth-order valence-electron chi connectivity index (χ4n) is 3.10. The van der Waals surface area contributed by atoms with E-state index in [1.807, 2.05) is 4.90 Å². The van der Waals surface area contributed by atoms with Gasteiger partial charge in [0.25, 0.3) is 0 Å². The molecule has 2 aromatic rings. The number of hydrogen-bond acceptors (Lipinski definition) is 6. The Morgan fingerprint density at radius 1 is 1.21 bits per heavy atom. The van der Waals surface area contributed by atoms with E-state index in [0.29, 0.717) is 50.4 Å². The molecule has 1 aliphatic heterocycles. The highest BCUT2D eigenvalue weighted by Gasteiger charge is 2.22. The normalized spacial score (nSPS) is 12.9. The number of amides is 1. The SMILES string of the molecule is CNCC(=O)N1CCc2nc(N)nc(NCc3ccccc3F)c2CC1.Cl.Cl. The minimum atomic E-state index is -0.267. The molecule has 1 amide bonds. The average Bonchev–Trinajstić information content (AvgIpc) is 2.83. The number of benzene rings is 1. The summed E-state index contributed by atoms with van der Waals surface area (Å²) in [5.74, 6) is 0.576. The van der Waals surface area contributed by atoms with Crippen molar-refractivity contribution in [3.05, 3.63) is 46.9 Å². The fraction of sp³-hybridized carbons (Fsp3) is 0.389. The van der Waals surface area contributed by atoms with Gasteiger partial charge < -0.3 is 21.3 Å². The second-order valence-corrected chi connectivity index (χ2v) is 6.21. The number of carbonyl (C=O) groups excluding carboxylic acids is 1. The third-order valence-corrected chi connectivity index (χ3v) is 4.45. The lowest BCUT2D eigenvalue weighted by molar-refractivity contribution is -0.130. The van der Waals surface area contributed by atoms with Crippen molar-refractivity contribution in [2.75, 3.05) is 37.7 Å². The molecule has 7 nitrogen and oxygen atoms in total. The smallest absolute Gasteiger partial charge is 0.236 e. The first kappa shape index (κ1) is 23.9. The van der Waals surface area contributed by atoms with E-state index in [4.69, 9.17) is 5.73 Å². The van der Waals surface area contributed by atoms with Crippen molar-refractivity contribution in [3.8, 4) is 0 Å². The molecule has 0 bridgehead atoms. The van der Waals surface area contributed by atoms with Crippen LogP contribution in [0.4, 0.5) is 16.2 Å². The molecule has 0 fully saturated rings. The summed E-state index contributed by atoms with van der Waals surface area (Å²) in [7, 11) is 1.75. The van der Waals surface area contributed by atoms with Crippen LogP contribution in [-0.4, -0.2) is 47.5 Å². The molecule has 10 heteroatoms. The Balaban J connectivity index is 0.00000196. The lowest BCUT2D eigenvalue weighted by atomic mass is 10.1. The zero-order valence-electron chi connectivity index (χ0n) is 15.6. The summed E-state index contributed by atoms with van der Waals surface area (Å²) in [6, 6.07) is 6.60. The molecule has 0 spiro atoms. The largest absolute Gasteiger partial charge is 0.368 e. The molecule has 1 aromatic heterocycles. The predicted molar refractivity (Wildman–Crippen MR) is 113 cm³/mol. The van der Waals surface area contributed by atoms with Crippen LogP contribution in [0.1, 0.15) is 16.8 Å². The highest BCUT2D eigenvalue weighted by Crippen LogP contribution is 2.23. The Hall–Kier alpha value is -2.16. The third kappa shape index (κ3) is 5.67. The van der Waals surface area contributed by atoms with E-state index in [-0.39, 0.29) is 42.5 Å². The summed E-state index contributed by atoms with van der Waals surface area (Å²) in [6.45, 7) is 1.80. The first-order valence-corrected chi connectivity index (χ1v) is 8.63. The summed E-state index contributed by atoms with van der Waals surface area (Å²) >= 11 is 0. The molecule has 4 N–H and O–H groups in total. The van der Waals surface area contributed by atoms with Crippen molar-refractivity contribution in [2.45, 2.75) is 19.4 Å². The van der Waals surface area contributed by atoms with Gasteiger partial charge >= 0.3 is 0 Å². The third-order valence-electron chi connectivity index (χ3n) is 4.45. The van der Waals surface area contributed by atoms with Crippen molar-refractivity contribution in [1.29, 1.82) is 0 Å². The molecule has 0 atom stereocenters. The van der Waals surface area contributed by atoms with Gasteiger partial charge in [-0.05, 0) is 19.5 Å². The highest BCUT2D eigenvalue weighted by molar-refractivity contribution is 5.85. The molecule has 28 heavy (non-hydrogen) atoms. The Labute approximate surface area is 176 Å². The van der Waals surface area contributed by atoms with Crippen LogP contribution < -0.4 is 16.4 Å². The van der Waals surface area contributed by atoms with Crippen LogP contribution in [-0.2, 0) is 24.2 Å². The lowest BCUT2D eigenvalue weighted by Gasteiger charge is -2.19. The average molecular weight is 431 g/mol. The number of aromatic nitrogens is 2. The predicted octanol–water partition coefficient (Wildman–Crippen LogP) is 1.80. The van der Waals surface area contributed by atoms with Gasteiger partial charge in [0.1, 0.15) is 11.6 Å². The molecule has 0 unspecified atom stereocenters. The summed E-state index contributed by atoms with van der Waals surface area (Å²) in [6.07, 6.45) is 1.25. The van der Waals surface area contributed by atoms with E-state index in [1.165, 1.54) is 6.07 Å². The Morgan fingerprint density at radius 2 is 1.93 bits per heavy atom. The van der Waals surface area contributed by atoms with E-state index < -0.39 is 0 Å². The van der Waals surface area contributed by atoms with E-state index in [1.54, 1.807) is 25.2 Å². The van der Waals surface area contributed by atoms with Gasteiger partial charge in [-0.25, -0.2) is 9.37 Å². The van der Waals surface area contributed by atoms with Crippen molar-refractivity contribution in [2.24, 2.45) is 0 Å². The number of carbonyl (C=O) groups is 1. The van der Waals surface area contributed by atoms with Crippen molar-refractivity contribution in [1.82, 2.24) is 20.2 Å². The van der Waals surface area contributed by atoms with Gasteiger partial charge in [-0.2, -0.15) is 4.98 Å². The molecule has 0 saturated heterocycles. The van der Waals surface area contributed by atoms with Crippen LogP contribution >= 0.6 is 24.8 Å². The molecule has 0 saturated carbocycles. The van der Waals surface area contributed by atoms with Gasteiger partial charge in [-0.15, -0.1) is 24.8 Å². The number of anilines is 2. The topological polar surface area (TPSA) is 96.2 Å². The Morgan fingerprint density at radius 3 is 2.64 bits per heavy atom. The summed E-state index contributed by atoms with van der Waals surface area (Å²) in [5.41, 5.74) is 8.18. The van der Waals surface area contributed by atoms with Crippen molar-refractivity contribution >= 4 is 42.5 Å². The van der Waals surface area contributed by atoms with Crippen LogP contribution in [0.15, 0.2) is 24.3 Å². The van der Waals surface area contributed by atoms with Crippen LogP contribution in [0.5, 0.6) is 0 Å². The molecule has 0 aliphatic carbocycles. The minimum absolute atomic E-state index is 0. The number of nitrogens with one attached hydrogen (secondary N) is 2. The van der Waals surface area contributed by atoms with Gasteiger partial charge in [0, 0.05) is 37.2 Å². The zero-order chi connectivity index (χ0) is 18.5. The number of likely N-dealkylation sites (N-methyl/N-ethyl adjacent to an activating group) is 1. The standard InChI is InChI=1S/C18H23FN6O.2ClH/c1-21-11-16(26)25-8-6-13-15(7-9-25)23-18(20)24-17(13)22-10-12-4-2-3-5-14(12)19;;/h2-5,21H,6-11H2,1H3,(H3,20,22,23,24);2*1H. The maximum Gasteiger partial charge on any atom is 0.236 e. The Kier molecular flexibility index (Phi) is 9.37. The van der Waals surface area contributed by atoms with Crippen LogP contribution in [0, 0.1) is 5.82 Å². The van der Waals surface area contributed by atoms with Gasteiger partial charge in [0.15, 0.2) is 0 Å². The molecule has 1 aromatic carbocycles. The highest BCUT2D eigenvalue weighted by atomic mass is 35.5. The maximum absolute atomic E-state index is 13.8. The number of nitrogens with two attached hydrogens (primary N) is 1. The van der Waals surface area contributed by atoms with Gasteiger partial charge in [0.2, 0.25) is 11.9 Å². The first-order valence-electron chi connectivity index (χ1n) is 8.63. The number of rotatable bonds is 5. The monoisotopic (exact) mass is 430 g/mol. The number of nitrogens with zero attached hydrogens (tertiary/aromatic N) is 3. The van der Waals surface area contributed by atoms with Gasteiger partial charge in [-0.1, -0.05) is 18.2 Å². The van der Waals surface area contributed by atoms with E-state index in [2.05, 4.69) is 20.6 Å². The maximum atomic E-state index is 13.8. The summed E-state index contributed by atoms with van der Waals surface area (Å²) in [5, 5.41) is 6.06. The summed E-state index contributed by atoms with van der Waals surface area (Å²) < 4.78 is 13.8. The van der Waals surface area contributed by atoms with Crippen LogP contribution in [0.2, 0.25) is 0 Å². The molecule has 1 aliphatic rings. The first-order chi connectivity index (χ1) is 12.6. The van der Waals surface area contributed by atoms with E-state index in [0.717, 1.165) is 11.3 Å². The minimum Gasteiger partial charge on any atom is -0.368 e. The van der Waals surface area contributed by atoms with Crippen molar-refractivity contribution < 1.29 is 9.18 Å². The zero-order valence-corrected chi connectivity index (χ0v) is 17.2. The van der Waals surface area contributed by atoms with Crippen molar-refractivity contribution in [3.63, 3.8) is 0 Å². The molecular weight excluding hydrogens is 406 g/mol. The van der Waals surface area contributed by atoms with Crippen LogP contribution in [0.3, 0.4) is 0 Å². The number of halogens is 3. The fourth-order valence-corrected chi connectivity index (χ4v) is 3.10. The van der Waals surface area contributed by atoms with Crippen LogP contribution in [0.25, 0.3) is 0 Å². The van der Waals surface area contributed by atoms with Gasteiger partial charge in [0.05, 0.1) is 12.2 Å². The van der Waals surface area contributed by atoms with E-state index in [9.17, 15) is 9.18 Å². The lowest BCUT2D eigenvalue weighted by Crippen LogP contribution is -2.38. The molecular formula is C18H25Cl2FN6O. The van der Waals surface area contributed by atoms with E-state index >= 15 is 0 Å². The quantitative estimate of drug-likeness (QED) is 0.668. The summed E-state index contributed by atoms with van der Waals surface area (Å²) in [4.78, 5) is 22.6. The molecule has 2 heterocycles.